The van der Waals surface area contributed by atoms with Crippen molar-refractivity contribution in [1.82, 2.24) is 9.62 Å². The van der Waals surface area contributed by atoms with Gasteiger partial charge in [0, 0.05) is 13.1 Å². The molecule has 0 aliphatic carbocycles. The van der Waals surface area contributed by atoms with E-state index in [2.05, 4.69) is 10.6 Å². The fourth-order valence-corrected chi connectivity index (χ4v) is 5.42. The SMILES string of the molecule is O=C1COc2ccc(S(=O)(=O)N3CCC[C@@H]3C(=O)NCCc3ccccc3)cc2N1. The second kappa shape index (κ2) is 8.45. The van der Waals surface area contributed by atoms with Crippen LogP contribution in [0.15, 0.2) is 53.4 Å². The summed E-state index contributed by atoms with van der Waals surface area (Å²) >= 11 is 0. The summed E-state index contributed by atoms with van der Waals surface area (Å²) in [5, 5.41) is 5.47. The number of amides is 2. The summed E-state index contributed by atoms with van der Waals surface area (Å²) in [4.78, 5) is 24.3. The third-order valence-electron chi connectivity index (χ3n) is 5.25. The lowest BCUT2D eigenvalue weighted by Gasteiger charge is -2.24. The summed E-state index contributed by atoms with van der Waals surface area (Å²) in [6.45, 7) is 0.616. The summed E-state index contributed by atoms with van der Waals surface area (Å²) in [5.41, 5.74) is 1.42. The van der Waals surface area contributed by atoms with Gasteiger partial charge in [0.2, 0.25) is 15.9 Å². The van der Waals surface area contributed by atoms with Crippen LogP contribution in [0.1, 0.15) is 18.4 Å². The van der Waals surface area contributed by atoms with E-state index in [-0.39, 0.29) is 29.9 Å². The van der Waals surface area contributed by atoms with Gasteiger partial charge in [0.1, 0.15) is 11.8 Å². The van der Waals surface area contributed by atoms with Crippen molar-refractivity contribution in [2.45, 2.75) is 30.2 Å². The maximum Gasteiger partial charge on any atom is 0.262 e. The molecule has 0 unspecified atom stereocenters. The molecular weight excluding hydrogens is 406 g/mol. The second-order valence-corrected chi connectivity index (χ2v) is 9.19. The van der Waals surface area contributed by atoms with Crippen LogP contribution in [0.25, 0.3) is 0 Å². The summed E-state index contributed by atoms with van der Waals surface area (Å²) in [7, 11) is -3.90. The Kier molecular flexibility index (Phi) is 5.74. The molecule has 2 amide bonds. The Morgan fingerprint density at radius 1 is 1.20 bits per heavy atom. The standard InChI is InChI=1S/C21H23N3O5S/c25-20-14-29-19-9-8-16(13-17(19)23-20)30(27,28)24-12-4-7-18(24)21(26)22-11-10-15-5-2-1-3-6-15/h1-3,5-6,8-9,13,18H,4,7,10-12,14H2,(H,22,26)(H,23,25)/t18-/m1/s1. The smallest absolute Gasteiger partial charge is 0.262 e. The quantitative estimate of drug-likeness (QED) is 0.725. The van der Waals surface area contributed by atoms with Gasteiger partial charge in [0.05, 0.1) is 10.6 Å². The number of hydrogen-bond donors (Lipinski definition) is 2. The Hall–Kier alpha value is -2.91. The molecule has 30 heavy (non-hydrogen) atoms. The van der Waals surface area contributed by atoms with E-state index in [9.17, 15) is 18.0 Å². The van der Waals surface area contributed by atoms with Gasteiger partial charge < -0.3 is 15.4 Å². The first-order valence-corrected chi connectivity index (χ1v) is 11.3. The third-order valence-corrected chi connectivity index (χ3v) is 7.16. The van der Waals surface area contributed by atoms with Crippen LogP contribution in [0.5, 0.6) is 5.75 Å². The highest BCUT2D eigenvalue weighted by atomic mass is 32.2. The highest BCUT2D eigenvalue weighted by molar-refractivity contribution is 7.89. The van der Waals surface area contributed by atoms with Crippen molar-refractivity contribution in [3.63, 3.8) is 0 Å². The average Bonchev–Trinajstić information content (AvgIpc) is 3.25. The number of nitrogens with zero attached hydrogens (tertiary/aromatic N) is 1. The van der Waals surface area contributed by atoms with E-state index in [4.69, 9.17) is 4.74 Å². The monoisotopic (exact) mass is 429 g/mol. The molecule has 8 nitrogen and oxygen atoms in total. The second-order valence-electron chi connectivity index (χ2n) is 7.30. The zero-order valence-electron chi connectivity index (χ0n) is 16.3. The minimum Gasteiger partial charge on any atom is -0.482 e. The molecule has 1 saturated heterocycles. The first-order chi connectivity index (χ1) is 14.4. The van der Waals surface area contributed by atoms with Gasteiger partial charge in [0.25, 0.3) is 5.91 Å². The number of anilines is 1. The predicted octanol–water partition coefficient (Wildman–Crippen LogP) is 1.53. The number of sulfonamides is 1. The Labute approximate surface area is 175 Å². The van der Waals surface area contributed by atoms with E-state index in [1.54, 1.807) is 0 Å². The maximum absolute atomic E-state index is 13.2. The molecule has 2 heterocycles. The largest absolute Gasteiger partial charge is 0.482 e. The number of rotatable bonds is 6. The number of fused-ring (bicyclic) bond motifs is 1. The number of nitrogens with one attached hydrogen (secondary N) is 2. The average molecular weight is 429 g/mol. The number of ether oxygens (including phenoxy) is 1. The van der Waals surface area contributed by atoms with Crippen LogP contribution in [-0.4, -0.2) is 50.3 Å². The van der Waals surface area contributed by atoms with E-state index in [0.717, 1.165) is 5.56 Å². The molecule has 1 atom stereocenters. The van der Waals surface area contributed by atoms with Gasteiger partial charge in [-0.05, 0) is 43.0 Å². The molecule has 9 heteroatoms. The van der Waals surface area contributed by atoms with Crippen molar-refractivity contribution in [3.05, 3.63) is 54.1 Å². The van der Waals surface area contributed by atoms with Gasteiger partial charge in [-0.1, -0.05) is 30.3 Å². The van der Waals surface area contributed by atoms with Crippen molar-refractivity contribution >= 4 is 27.5 Å². The Morgan fingerprint density at radius 3 is 2.80 bits per heavy atom. The molecule has 0 aromatic heterocycles. The van der Waals surface area contributed by atoms with Crippen molar-refractivity contribution in [2.75, 3.05) is 25.0 Å². The first-order valence-electron chi connectivity index (χ1n) is 9.85. The molecule has 0 bridgehead atoms. The van der Waals surface area contributed by atoms with E-state index in [1.807, 2.05) is 30.3 Å². The van der Waals surface area contributed by atoms with Gasteiger partial charge in [-0.2, -0.15) is 4.31 Å². The Bertz CT molecular complexity index is 1060. The minimum absolute atomic E-state index is 0.0241. The number of benzene rings is 2. The molecule has 2 N–H and O–H groups in total. The van der Waals surface area contributed by atoms with Gasteiger partial charge in [0.15, 0.2) is 6.61 Å². The Morgan fingerprint density at radius 2 is 2.00 bits per heavy atom. The summed E-state index contributed by atoms with van der Waals surface area (Å²) < 4.78 is 32.9. The van der Waals surface area contributed by atoms with Crippen LogP contribution in [0, 0.1) is 0 Å². The summed E-state index contributed by atoms with van der Waals surface area (Å²) in [5.74, 6) is -0.208. The molecule has 2 aromatic carbocycles. The zero-order valence-corrected chi connectivity index (χ0v) is 17.2. The van der Waals surface area contributed by atoms with Crippen molar-refractivity contribution in [1.29, 1.82) is 0 Å². The third kappa shape index (κ3) is 4.17. The molecule has 4 rings (SSSR count). The zero-order chi connectivity index (χ0) is 21.1. The molecule has 0 radical (unpaired) electrons. The predicted molar refractivity (Wildman–Crippen MR) is 111 cm³/mol. The van der Waals surface area contributed by atoms with Crippen molar-refractivity contribution in [2.24, 2.45) is 0 Å². The van der Waals surface area contributed by atoms with E-state index >= 15 is 0 Å². The Balaban J connectivity index is 1.46. The normalized spacial score (nSPS) is 18.9. The van der Waals surface area contributed by atoms with E-state index < -0.39 is 16.1 Å². The highest BCUT2D eigenvalue weighted by Crippen LogP contribution is 2.33. The fourth-order valence-electron chi connectivity index (χ4n) is 3.74. The van der Waals surface area contributed by atoms with Gasteiger partial charge in [-0.3, -0.25) is 9.59 Å². The molecule has 0 spiro atoms. The molecule has 158 valence electrons. The van der Waals surface area contributed by atoms with E-state index in [1.165, 1.54) is 22.5 Å². The van der Waals surface area contributed by atoms with Crippen molar-refractivity contribution < 1.29 is 22.7 Å². The summed E-state index contributed by atoms with van der Waals surface area (Å²) in [6.07, 6.45) is 1.76. The molecule has 0 saturated carbocycles. The fraction of sp³-hybridized carbons (Fsp3) is 0.333. The molecule has 2 aromatic rings. The van der Waals surface area contributed by atoms with Crippen LogP contribution in [0.3, 0.4) is 0 Å². The van der Waals surface area contributed by atoms with Crippen LogP contribution in [0.2, 0.25) is 0 Å². The molecule has 2 aliphatic rings. The molecule has 2 aliphatic heterocycles. The maximum atomic E-state index is 13.2. The topological polar surface area (TPSA) is 105 Å². The number of hydrogen-bond acceptors (Lipinski definition) is 5. The lowest BCUT2D eigenvalue weighted by molar-refractivity contribution is -0.124. The minimum atomic E-state index is -3.90. The van der Waals surface area contributed by atoms with E-state index in [0.29, 0.717) is 37.2 Å². The van der Waals surface area contributed by atoms with Crippen molar-refractivity contribution in [3.8, 4) is 5.75 Å². The van der Waals surface area contributed by atoms with Crippen LogP contribution in [-0.2, 0) is 26.0 Å². The first kappa shape index (κ1) is 20.4. The van der Waals surface area contributed by atoms with Crippen LogP contribution in [0.4, 0.5) is 5.69 Å². The van der Waals surface area contributed by atoms with Crippen LogP contribution >= 0.6 is 0 Å². The number of carbonyl (C=O) groups excluding carboxylic acids is 2. The highest BCUT2D eigenvalue weighted by Gasteiger charge is 2.39. The molecule has 1 fully saturated rings. The summed E-state index contributed by atoms with van der Waals surface area (Å²) in [6, 6.07) is 13.4. The van der Waals surface area contributed by atoms with Crippen LogP contribution < -0.4 is 15.4 Å². The van der Waals surface area contributed by atoms with Gasteiger partial charge in [-0.15, -0.1) is 0 Å². The van der Waals surface area contributed by atoms with Gasteiger partial charge in [-0.25, -0.2) is 8.42 Å². The lowest BCUT2D eigenvalue weighted by Crippen LogP contribution is -2.46. The number of carbonyl (C=O) groups is 2. The van der Waals surface area contributed by atoms with Gasteiger partial charge >= 0.3 is 0 Å². The molecular formula is C21H23N3O5S. The lowest BCUT2D eigenvalue weighted by atomic mass is 10.1.